The van der Waals surface area contributed by atoms with Crippen LogP contribution in [0.4, 0.5) is 0 Å². The second-order valence-electron chi connectivity index (χ2n) is 5.67. The molecular weight excluding hydrogens is 314 g/mol. The molecule has 1 aromatic rings. The molecule has 7 heteroatoms. The predicted molar refractivity (Wildman–Crippen MR) is 91.8 cm³/mol. The average Bonchev–Trinajstić information content (AvgIpc) is 2.58. The summed E-state index contributed by atoms with van der Waals surface area (Å²) >= 11 is 0. The molecule has 1 aliphatic heterocycles. The number of likely N-dealkylation sites (tertiary alicyclic amines) is 1. The van der Waals surface area contributed by atoms with Crippen LogP contribution < -0.4 is 14.2 Å². The van der Waals surface area contributed by atoms with Gasteiger partial charge in [0.1, 0.15) is 5.75 Å². The molecule has 2 N–H and O–H groups in total. The van der Waals surface area contributed by atoms with Crippen LogP contribution in [0, 0.1) is 0 Å². The van der Waals surface area contributed by atoms with Gasteiger partial charge < -0.3 is 4.74 Å². The van der Waals surface area contributed by atoms with Crippen LogP contribution in [0.2, 0.25) is 0 Å². The fourth-order valence-electron chi connectivity index (χ4n) is 2.90. The van der Waals surface area contributed by atoms with E-state index < -0.39 is 10.2 Å². The Kier molecular flexibility index (Phi) is 6.83. The molecule has 1 aliphatic rings. The van der Waals surface area contributed by atoms with Gasteiger partial charge in [0.15, 0.2) is 0 Å². The summed E-state index contributed by atoms with van der Waals surface area (Å²) < 4.78 is 33.8. The molecule has 130 valence electrons. The van der Waals surface area contributed by atoms with Gasteiger partial charge in [-0.2, -0.15) is 8.42 Å². The van der Waals surface area contributed by atoms with Crippen LogP contribution in [0.3, 0.4) is 0 Å². The van der Waals surface area contributed by atoms with Gasteiger partial charge in [-0.3, -0.25) is 4.90 Å². The Hall–Kier alpha value is -1.15. The number of nitrogens with zero attached hydrogens (tertiary/aromatic N) is 1. The molecule has 2 rings (SSSR count). The van der Waals surface area contributed by atoms with Crippen LogP contribution in [-0.4, -0.2) is 46.6 Å². The fourth-order valence-corrected chi connectivity index (χ4v) is 3.42. The van der Waals surface area contributed by atoms with Crippen molar-refractivity contribution < 1.29 is 13.2 Å². The summed E-state index contributed by atoms with van der Waals surface area (Å²) in [5.41, 5.74) is 1.11. The van der Waals surface area contributed by atoms with Crippen molar-refractivity contribution in [2.45, 2.75) is 32.2 Å². The second kappa shape index (κ2) is 8.63. The first-order valence-electron chi connectivity index (χ1n) is 8.20. The van der Waals surface area contributed by atoms with Crippen molar-refractivity contribution in [1.29, 1.82) is 0 Å². The highest BCUT2D eigenvalue weighted by atomic mass is 32.2. The van der Waals surface area contributed by atoms with E-state index in [1.54, 1.807) is 0 Å². The van der Waals surface area contributed by atoms with E-state index in [0.717, 1.165) is 37.2 Å². The topological polar surface area (TPSA) is 70.7 Å². The monoisotopic (exact) mass is 341 g/mol. The van der Waals surface area contributed by atoms with Gasteiger partial charge >= 0.3 is 0 Å². The molecule has 1 atom stereocenters. The van der Waals surface area contributed by atoms with Gasteiger partial charge in [0.2, 0.25) is 0 Å². The Labute approximate surface area is 139 Å². The first kappa shape index (κ1) is 18.2. The Balaban J connectivity index is 2.14. The molecule has 0 radical (unpaired) electrons. The maximum absolute atomic E-state index is 11.7. The van der Waals surface area contributed by atoms with Gasteiger partial charge in [-0.15, -0.1) is 0 Å². The van der Waals surface area contributed by atoms with Crippen molar-refractivity contribution in [3.8, 4) is 5.75 Å². The van der Waals surface area contributed by atoms with Gasteiger partial charge in [0.05, 0.1) is 6.61 Å². The van der Waals surface area contributed by atoms with Crippen molar-refractivity contribution in [2.75, 3.05) is 33.3 Å². The zero-order chi connectivity index (χ0) is 16.7. The Morgan fingerprint density at radius 1 is 1.17 bits per heavy atom. The minimum atomic E-state index is -3.43. The van der Waals surface area contributed by atoms with Crippen molar-refractivity contribution in [3.05, 3.63) is 29.8 Å². The standard InChI is InChI=1S/C16H27N3O3S/c1-3-22-15-9-7-14(8-10-15)16(13-18-23(20,21)17-2)19-11-5-4-6-12-19/h7-10,16-18H,3-6,11-13H2,1-2H3. The van der Waals surface area contributed by atoms with E-state index in [1.165, 1.54) is 13.5 Å². The second-order valence-corrected chi connectivity index (χ2v) is 7.37. The maximum atomic E-state index is 11.7. The first-order chi connectivity index (χ1) is 11.1. The summed E-state index contributed by atoms with van der Waals surface area (Å²) in [6, 6.07) is 7.98. The van der Waals surface area contributed by atoms with Gasteiger partial charge in [0.25, 0.3) is 10.2 Å². The number of benzene rings is 1. The minimum absolute atomic E-state index is 0.0362. The molecule has 0 aromatic heterocycles. The molecular formula is C16H27N3O3S. The number of hydrogen-bond acceptors (Lipinski definition) is 4. The number of piperidine rings is 1. The van der Waals surface area contributed by atoms with Crippen LogP contribution in [0.5, 0.6) is 5.75 Å². The average molecular weight is 341 g/mol. The number of nitrogens with one attached hydrogen (secondary N) is 2. The van der Waals surface area contributed by atoms with Crippen molar-refractivity contribution >= 4 is 10.2 Å². The van der Waals surface area contributed by atoms with E-state index in [1.807, 2.05) is 31.2 Å². The lowest BCUT2D eigenvalue weighted by Crippen LogP contribution is -2.43. The van der Waals surface area contributed by atoms with E-state index in [-0.39, 0.29) is 6.04 Å². The molecule has 0 bridgehead atoms. The van der Waals surface area contributed by atoms with E-state index in [2.05, 4.69) is 14.3 Å². The zero-order valence-electron chi connectivity index (χ0n) is 13.9. The smallest absolute Gasteiger partial charge is 0.276 e. The zero-order valence-corrected chi connectivity index (χ0v) is 14.7. The molecule has 0 saturated carbocycles. The summed E-state index contributed by atoms with van der Waals surface area (Å²) in [7, 11) is -2.02. The maximum Gasteiger partial charge on any atom is 0.276 e. The fraction of sp³-hybridized carbons (Fsp3) is 0.625. The first-order valence-corrected chi connectivity index (χ1v) is 9.69. The van der Waals surface area contributed by atoms with Gasteiger partial charge in [-0.1, -0.05) is 18.6 Å². The highest BCUT2D eigenvalue weighted by Gasteiger charge is 2.23. The molecule has 23 heavy (non-hydrogen) atoms. The van der Waals surface area contributed by atoms with Crippen LogP contribution >= 0.6 is 0 Å². The molecule has 1 saturated heterocycles. The van der Waals surface area contributed by atoms with Crippen molar-refractivity contribution in [3.63, 3.8) is 0 Å². The van der Waals surface area contributed by atoms with E-state index in [4.69, 9.17) is 4.74 Å². The third-order valence-electron chi connectivity index (χ3n) is 4.14. The van der Waals surface area contributed by atoms with E-state index in [9.17, 15) is 8.42 Å². The normalized spacial score (nSPS) is 17.8. The van der Waals surface area contributed by atoms with Gasteiger partial charge in [-0.25, -0.2) is 9.44 Å². The highest BCUT2D eigenvalue weighted by molar-refractivity contribution is 7.87. The lowest BCUT2D eigenvalue weighted by atomic mass is 10.0. The molecule has 0 amide bonds. The lowest BCUT2D eigenvalue weighted by molar-refractivity contribution is 0.164. The predicted octanol–water partition coefficient (Wildman–Crippen LogP) is 1.67. The minimum Gasteiger partial charge on any atom is -0.494 e. The third kappa shape index (κ3) is 5.46. The summed E-state index contributed by atoms with van der Waals surface area (Å²) in [5.74, 6) is 0.837. The van der Waals surface area contributed by atoms with Gasteiger partial charge in [0, 0.05) is 19.6 Å². The molecule has 1 heterocycles. The Morgan fingerprint density at radius 2 is 1.83 bits per heavy atom. The molecule has 0 spiro atoms. The summed E-state index contributed by atoms with van der Waals surface area (Å²) in [6.07, 6.45) is 3.56. The number of ether oxygens (including phenoxy) is 1. The summed E-state index contributed by atoms with van der Waals surface area (Å²) in [5, 5.41) is 0. The number of hydrogen-bond donors (Lipinski definition) is 2. The molecule has 1 fully saturated rings. The van der Waals surface area contributed by atoms with Crippen molar-refractivity contribution in [2.24, 2.45) is 0 Å². The van der Waals surface area contributed by atoms with Crippen LogP contribution in [-0.2, 0) is 10.2 Å². The van der Waals surface area contributed by atoms with Crippen molar-refractivity contribution in [1.82, 2.24) is 14.3 Å². The summed E-state index contributed by atoms with van der Waals surface area (Å²) in [4.78, 5) is 2.36. The third-order valence-corrected chi connectivity index (χ3v) is 5.23. The van der Waals surface area contributed by atoms with Gasteiger partial charge in [-0.05, 0) is 50.6 Å². The quantitative estimate of drug-likeness (QED) is 0.754. The van der Waals surface area contributed by atoms with Crippen LogP contribution in [0.1, 0.15) is 37.8 Å². The SMILES string of the molecule is CCOc1ccc(C(CNS(=O)(=O)NC)N2CCCCC2)cc1. The summed E-state index contributed by atoms with van der Waals surface area (Å²) in [6.45, 7) is 4.95. The van der Waals surface area contributed by atoms with E-state index >= 15 is 0 Å². The molecule has 6 nitrogen and oxygen atoms in total. The number of rotatable bonds is 8. The molecule has 0 aliphatic carbocycles. The molecule has 1 unspecified atom stereocenters. The molecule has 1 aromatic carbocycles. The lowest BCUT2D eigenvalue weighted by Gasteiger charge is -2.35. The highest BCUT2D eigenvalue weighted by Crippen LogP contribution is 2.26. The van der Waals surface area contributed by atoms with Crippen LogP contribution in [0.15, 0.2) is 24.3 Å². The Bertz CT molecular complexity index is 569. The van der Waals surface area contributed by atoms with E-state index in [0.29, 0.717) is 13.2 Å². The largest absolute Gasteiger partial charge is 0.494 e. The van der Waals surface area contributed by atoms with Crippen LogP contribution in [0.25, 0.3) is 0 Å². The Morgan fingerprint density at radius 3 is 2.39 bits per heavy atom.